The molecule has 132 valence electrons. The van der Waals surface area contributed by atoms with Gasteiger partial charge in [-0.25, -0.2) is 17.5 Å². The van der Waals surface area contributed by atoms with Crippen molar-refractivity contribution in [3.8, 4) is 0 Å². The van der Waals surface area contributed by atoms with Crippen LogP contribution in [0.1, 0.15) is 28.8 Å². The maximum atomic E-state index is 12.2. The summed E-state index contributed by atoms with van der Waals surface area (Å²) in [4.78, 5) is 23.1. The van der Waals surface area contributed by atoms with Crippen LogP contribution in [0, 0.1) is 5.92 Å². The van der Waals surface area contributed by atoms with Crippen LogP contribution >= 0.6 is 0 Å². The zero-order chi connectivity index (χ0) is 17.7. The standard InChI is InChI=1S/C16H22N2O5S/c1-24(22,23)18-9-3-6-14(11-18)15(19)17-8-7-12-4-2-5-13(10-12)16(20)21/h2,4-5,10,14H,3,6-9,11H2,1H3,(H,17,19)(H,20,21). The molecule has 0 radical (unpaired) electrons. The van der Waals surface area contributed by atoms with Gasteiger partial charge in [-0.3, -0.25) is 4.79 Å². The number of piperidine rings is 1. The number of aromatic carboxylic acids is 1. The van der Waals surface area contributed by atoms with E-state index in [0.29, 0.717) is 32.4 Å². The monoisotopic (exact) mass is 354 g/mol. The Kier molecular flexibility index (Phi) is 5.95. The van der Waals surface area contributed by atoms with Crippen molar-refractivity contribution in [1.82, 2.24) is 9.62 Å². The van der Waals surface area contributed by atoms with E-state index in [9.17, 15) is 18.0 Å². The molecule has 0 spiro atoms. The Labute approximate surface area is 141 Å². The van der Waals surface area contributed by atoms with Gasteiger partial charge in [-0.15, -0.1) is 0 Å². The first-order chi connectivity index (χ1) is 11.3. The quantitative estimate of drug-likeness (QED) is 0.783. The van der Waals surface area contributed by atoms with E-state index in [-0.39, 0.29) is 23.9 Å². The van der Waals surface area contributed by atoms with Gasteiger partial charge in [0.15, 0.2) is 0 Å². The number of carbonyl (C=O) groups excluding carboxylic acids is 1. The zero-order valence-corrected chi connectivity index (χ0v) is 14.4. The van der Waals surface area contributed by atoms with Crippen LogP contribution in [0.2, 0.25) is 0 Å². The second-order valence-electron chi connectivity index (χ2n) is 6.01. The highest BCUT2D eigenvalue weighted by atomic mass is 32.2. The lowest BCUT2D eigenvalue weighted by molar-refractivity contribution is -0.126. The molecule has 0 aromatic heterocycles. The first-order valence-electron chi connectivity index (χ1n) is 7.82. The molecule has 1 fully saturated rings. The average molecular weight is 354 g/mol. The van der Waals surface area contributed by atoms with Gasteiger partial charge in [0, 0.05) is 19.6 Å². The summed E-state index contributed by atoms with van der Waals surface area (Å²) >= 11 is 0. The summed E-state index contributed by atoms with van der Waals surface area (Å²) in [6.45, 7) is 1.07. The predicted molar refractivity (Wildman–Crippen MR) is 89.3 cm³/mol. The molecule has 7 nitrogen and oxygen atoms in total. The normalized spacial score (nSPS) is 19.0. The summed E-state index contributed by atoms with van der Waals surface area (Å²) in [5, 5.41) is 11.8. The Balaban J connectivity index is 1.85. The molecule has 1 saturated heterocycles. The highest BCUT2D eigenvalue weighted by Crippen LogP contribution is 2.18. The average Bonchev–Trinajstić information content (AvgIpc) is 2.54. The third kappa shape index (κ3) is 5.04. The van der Waals surface area contributed by atoms with E-state index in [2.05, 4.69) is 5.32 Å². The van der Waals surface area contributed by atoms with Gasteiger partial charge < -0.3 is 10.4 Å². The minimum absolute atomic E-state index is 0.155. The molecule has 0 saturated carbocycles. The Morgan fingerprint density at radius 3 is 2.79 bits per heavy atom. The van der Waals surface area contributed by atoms with Crippen LogP contribution in [-0.4, -0.2) is 55.6 Å². The molecule has 2 rings (SSSR count). The smallest absolute Gasteiger partial charge is 0.335 e. The Hall–Kier alpha value is -1.93. The van der Waals surface area contributed by atoms with Crippen LogP contribution in [0.4, 0.5) is 0 Å². The summed E-state index contributed by atoms with van der Waals surface area (Å²) in [5.74, 6) is -1.47. The van der Waals surface area contributed by atoms with Crippen LogP contribution in [0.25, 0.3) is 0 Å². The Morgan fingerprint density at radius 2 is 2.12 bits per heavy atom. The van der Waals surface area contributed by atoms with Crippen LogP contribution in [-0.2, 0) is 21.2 Å². The minimum Gasteiger partial charge on any atom is -0.478 e. The highest BCUT2D eigenvalue weighted by molar-refractivity contribution is 7.88. The summed E-state index contributed by atoms with van der Waals surface area (Å²) in [6, 6.07) is 6.59. The molecule has 1 aromatic rings. The predicted octanol–water partition coefficient (Wildman–Crippen LogP) is 0.715. The molecular weight excluding hydrogens is 332 g/mol. The van der Waals surface area contributed by atoms with Crippen LogP contribution in [0.15, 0.2) is 24.3 Å². The number of nitrogens with one attached hydrogen (secondary N) is 1. The van der Waals surface area contributed by atoms with E-state index >= 15 is 0 Å². The second kappa shape index (κ2) is 7.76. The first-order valence-corrected chi connectivity index (χ1v) is 9.67. The Morgan fingerprint density at radius 1 is 1.38 bits per heavy atom. The van der Waals surface area contributed by atoms with E-state index in [1.54, 1.807) is 12.1 Å². The number of rotatable bonds is 6. The van der Waals surface area contributed by atoms with E-state index in [4.69, 9.17) is 5.11 Å². The summed E-state index contributed by atoms with van der Waals surface area (Å²) < 4.78 is 24.5. The van der Waals surface area contributed by atoms with Gasteiger partial charge in [0.25, 0.3) is 0 Å². The molecule has 0 aliphatic carbocycles. The maximum Gasteiger partial charge on any atom is 0.335 e. The summed E-state index contributed by atoms with van der Waals surface area (Å²) in [6.07, 6.45) is 3.02. The van der Waals surface area contributed by atoms with Crippen molar-refractivity contribution in [3.05, 3.63) is 35.4 Å². The van der Waals surface area contributed by atoms with Crippen molar-refractivity contribution in [2.45, 2.75) is 19.3 Å². The number of carboxylic acids is 1. The number of carboxylic acid groups (broad SMARTS) is 1. The van der Waals surface area contributed by atoms with Crippen molar-refractivity contribution < 1.29 is 23.1 Å². The van der Waals surface area contributed by atoms with Gasteiger partial charge in [-0.2, -0.15) is 0 Å². The maximum absolute atomic E-state index is 12.2. The number of nitrogens with zero attached hydrogens (tertiary/aromatic N) is 1. The molecule has 1 amide bonds. The molecule has 1 aromatic carbocycles. The summed E-state index contributed by atoms with van der Waals surface area (Å²) in [5.41, 5.74) is 1.05. The van der Waals surface area contributed by atoms with E-state index in [1.807, 2.05) is 6.07 Å². The first kappa shape index (κ1) is 18.4. The fraction of sp³-hybridized carbons (Fsp3) is 0.500. The zero-order valence-electron chi connectivity index (χ0n) is 13.6. The largest absolute Gasteiger partial charge is 0.478 e. The number of hydrogen-bond acceptors (Lipinski definition) is 4. The van der Waals surface area contributed by atoms with Gasteiger partial charge in [-0.05, 0) is 37.0 Å². The van der Waals surface area contributed by atoms with Gasteiger partial charge in [-0.1, -0.05) is 12.1 Å². The van der Waals surface area contributed by atoms with Crippen molar-refractivity contribution in [2.24, 2.45) is 5.92 Å². The lowest BCUT2D eigenvalue weighted by Gasteiger charge is -2.30. The van der Waals surface area contributed by atoms with Crippen LogP contribution in [0.3, 0.4) is 0 Å². The van der Waals surface area contributed by atoms with Crippen molar-refractivity contribution >= 4 is 21.9 Å². The van der Waals surface area contributed by atoms with Gasteiger partial charge in [0.05, 0.1) is 17.7 Å². The van der Waals surface area contributed by atoms with Gasteiger partial charge in [0.2, 0.25) is 15.9 Å². The lowest BCUT2D eigenvalue weighted by Crippen LogP contribution is -2.45. The lowest BCUT2D eigenvalue weighted by atomic mass is 9.98. The second-order valence-corrected chi connectivity index (χ2v) is 7.99. The fourth-order valence-electron chi connectivity index (χ4n) is 2.79. The molecule has 1 heterocycles. The third-order valence-corrected chi connectivity index (χ3v) is 5.38. The number of benzene rings is 1. The summed E-state index contributed by atoms with van der Waals surface area (Å²) in [7, 11) is -3.27. The molecule has 0 bridgehead atoms. The van der Waals surface area contributed by atoms with Gasteiger partial charge >= 0.3 is 5.97 Å². The van der Waals surface area contributed by atoms with E-state index in [1.165, 1.54) is 10.4 Å². The SMILES string of the molecule is CS(=O)(=O)N1CCCC(C(=O)NCCc2cccc(C(=O)O)c2)C1. The molecule has 8 heteroatoms. The van der Waals surface area contributed by atoms with Crippen LogP contribution in [0.5, 0.6) is 0 Å². The minimum atomic E-state index is -3.27. The fourth-order valence-corrected chi connectivity index (χ4v) is 3.70. The van der Waals surface area contributed by atoms with Crippen molar-refractivity contribution in [3.63, 3.8) is 0 Å². The highest BCUT2D eigenvalue weighted by Gasteiger charge is 2.29. The molecule has 24 heavy (non-hydrogen) atoms. The van der Waals surface area contributed by atoms with Crippen molar-refractivity contribution in [2.75, 3.05) is 25.9 Å². The third-order valence-electron chi connectivity index (χ3n) is 4.11. The molecule has 1 unspecified atom stereocenters. The number of hydrogen-bond donors (Lipinski definition) is 2. The number of carbonyl (C=O) groups is 2. The van der Waals surface area contributed by atoms with E-state index < -0.39 is 16.0 Å². The molecular formula is C16H22N2O5S. The molecule has 1 aliphatic heterocycles. The topological polar surface area (TPSA) is 104 Å². The van der Waals surface area contributed by atoms with Gasteiger partial charge in [0.1, 0.15) is 0 Å². The molecule has 1 aliphatic rings. The van der Waals surface area contributed by atoms with E-state index in [0.717, 1.165) is 11.8 Å². The number of amides is 1. The van der Waals surface area contributed by atoms with Crippen molar-refractivity contribution in [1.29, 1.82) is 0 Å². The molecule has 2 N–H and O–H groups in total. The molecule has 1 atom stereocenters. The van der Waals surface area contributed by atoms with Crippen LogP contribution < -0.4 is 5.32 Å². The number of sulfonamides is 1. The Bertz CT molecular complexity index is 717.